The van der Waals surface area contributed by atoms with Gasteiger partial charge in [-0.2, -0.15) is 0 Å². The van der Waals surface area contributed by atoms with Crippen molar-refractivity contribution in [1.82, 2.24) is 5.32 Å². The van der Waals surface area contributed by atoms with Crippen molar-refractivity contribution < 1.29 is 9.90 Å². The molecule has 1 aliphatic heterocycles. The molecule has 1 fully saturated rings. The van der Waals surface area contributed by atoms with E-state index in [4.69, 9.17) is 11.6 Å². The number of nitrogens with zero attached hydrogens (tertiary/aromatic N) is 1. The zero-order chi connectivity index (χ0) is 13.1. The first-order valence-corrected chi connectivity index (χ1v) is 6.43. The van der Waals surface area contributed by atoms with Crippen LogP contribution in [0.15, 0.2) is 18.2 Å². The van der Waals surface area contributed by atoms with Crippen LogP contribution in [0.25, 0.3) is 0 Å². The number of halogens is 1. The molecule has 1 unspecified atom stereocenters. The number of carbonyl (C=O) groups is 1. The van der Waals surface area contributed by atoms with Gasteiger partial charge in [0.15, 0.2) is 0 Å². The number of hydrogen-bond donors (Lipinski definition) is 2. The fraction of sp³-hybridized carbons (Fsp3) is 0.462. The molecule has 0 saturated carbocycles. The summed E-state index contributed by atoms with van der Waals surface area (Å²) in [6, 6.07) is 5.33. The molecule has 98 valence electrons. The molecule has 1 atom stereocenters. The van der Waals surface area contributed by atoms with Gasteiger partial charge in [0.25, 0.3) is 0 Å². The van der Waals surface area contributed by atoms with Crippen molar-refractivity contribution in [2.24, 2.45) is 0 Å². The van der Waals surface area contributed by atoms with Gasteiger partial charge in [0, 0.05) is 29.9 Å². The van der Waals surface area contributed by atoms with Crippen molar-refractivity contribution >= 4 is 23.2 Å². The van der Waals surface area contributed by atoms with E-state index >= 15 is 0 Å². The number of aliphatic hydroxyl groups is 1. The maximum Gasteiger partial charge on any atom is 0.242 e. The number of nitrogens with one attached hydrogen (secondary N) is 1. The van der Waals surface area contributed by atoms with E-state index in [2.05, 4.69) is 5.32 Å². The summed E-state index contributed by atoms with van der Waals surface area (Å²) in [6.07, 6.45) is 1.80. The third kappa shape index (κ3) is 2.31. The van der Waals surface area contributed by atoms with Gasteiger partial charge in [-0.05, 0) is 25.0 Å². The van der Waals surface area contributed by atoms with Crippen LogP contribution in [0.2, 0.25) is 5.02 Å². The average Bonchev–Trinajstić information content (AvgIpc) is 2.86. The molecule has 4 nitrogen and oxygen atoms in total. The fourth-order valence-electron chi connectivity index (χ4n) is 2.47. The summed E-state index contributed by atoms with van der Waals surface area (Å²) < 4.78 is 0. The Morgan fingerprint density at radius 3 is 3.06 bits per heavy atom. The molecule has 1 aromatic rings. The van der Waals surface area contributed by atoms with Crippen LogP contribution in [0.3, 0.4) is 0 Å². The highest BCUT2D eigenvalue weighted by atomic mass is 35.5. The highest BCUT2D eigenvalue weighted by molar-refractivity contribution is 6.31. The summed E-state index contributed by atoms with van der Waals surface area (Å²) in [7, 11) is 1.64. The number of rotatable bonds is 3. The van der Waals surface area contributed by atoms with Crippen molar-refractivity contribution in [2.45, 2.75) is 25.5 Å². The van der Waals surface area contributed by atoms with E-state index < -0.39 is 0 Å². The Morgan fingerprint density at radius 1 is 1.61 bits per heavy atom. The van der Waals surface area contributed by atoms with E-state index in [0.29, 0.717) is 10.6 Å². The minimum absolute atomic E-state index is 0.0105. The van der Waals surface area contributed by atoms with Gasteiger partial charge in [-0.15, -0.1) is 0 Å². The quantitative estimate of drug-likeness (QED) is 0.875. The Morgan fingerprint density at radius 2 is 2.39 bits per heavy atom. The number of anilines is 1. The van der Waals surface area contributed by atoms with E-state index in [1.165, 1.54) is 0 Å². The number of aliphatic hydroxyl groups excluding tert-OH is 1. The van der Waals surface area contributed by atoms with Crippen LogP contribution in [0, 0.1) is 0 Å². The lowest BCUT2D eigenvalue weighted by molar-refractivity contribution is -0.121. The van der Waals surface area contributed by atoms with Gasteiger partial charge in [0.05, 0.1) is 6.61 Å². The summed E-state index contributed by atoms with van der Waals surface area (Å²) in [6.45, 7) is 0.692. The van der Waals surface area contributed by atoms with Crippen molar-refractivity contribution in [3.63, 3.8) is 0 Å². The molecule has 1 amide bonds. The Labute approximate surface area is 112 Å². The van der Waals surface area contributed by atoms with Crippen molar-refractivity contribution in [3.05, 3.63) is 28.8 Å². The van der Waals surface area contributed by atoms with Crippen LogP contribution in [-0.4, -0.2) is 30.6 Å². The van der Waals surface area contributed by atoms with Crippen LogP contribution < -0.4 is 10.2 Å². The molecular weight excluding hydrogens is 252 g/mol. The number of carbonyl (C=O) groups excluding carboxylic acids is 1. The molecule has 2 rings (SSSR count). The first kappa shape index (κ1) is 13.2. The topological polar surface area (TPSA) is 52.6 Å². The van der Waals surface area contributed by atoms with Gasteiger partial charge in [0.1, 0.15) is 6.04 Å². The van der Waals surface area contributed by atoms with Crippen molar-refractivity contribution in [2.75, 3.05) is 18.5 Å². The predicted octanol–water partition coefficient (Wildman–Crippen LogP) is 1.55. The maximum atomic E-state index is 11.8. The van der Waals surface area contributed by atoms with Gasteiger partial charge < -0.3 is 15.3 Å². The summed E-state index contributed by atoms with van der Waals surface area (Å²) >= 11 is 6.08. The summed E-state index contributed by atoms with van der Waals surface area (Å²) in [5.41, 5.74) is 1.55. The fourth-order valence-corrected chi connectivity index (χ4v) is 2.70. The Hall–Kier alpha value is -1.26. The minimum atomic E-state index is -0.168. The van der Waals surface area contributed by atoms with E-state index in [-0.39, 0.29) is 18.6 Å². The molecule has 18 heavy (non-hydrogen) atoms. The van der Waals surface area contributed by atoms with Crippen LogP contribution in [0.5, 0.6) is 0 Å². The van der Waals surface area contributed by atoms with Gasteiger partial charge in [0.2, 0.25) is 5.91 Å². The molecule has 0 radical (unpaired) electrons. The molecule has 1 aromatic carbocycles. The lowest BCUT2D eigenvalue weighted by atomic mass is 10.1. The molecule has 0 spiro atoms. The van der Waals surface area contributed by atoms with E-state index in [1.807, 2.05) is 17.0 Å². The van der Waals surface area contributed by atoms with Gasteiger partial charge in [-0.25, -0.2) is 0 Å². The second-order valence-electron chi connectivity index (χ2n) is 4.36. The first-order chi connectivity index (χ1) is 8.69. The highest BCUT2D eigenvalue weighted by Gasteiger charge is 2.31. The predicted molar refractivity (Wildman–Crippen MR) is 71.8 cm³/mol. The molecule has 1 saturated heterocycles. The largest absolute Gasteiger partial charge is 0.392 e. The van der Waals surface area contributed by atoms with Crippen molar-refractivity contribution in [1.29, 1.82) is 0 Å². The molecule has 5 heteroatoms. The lowest BCUT2D eigenvalue weighted by Gasteiger charge is -2.27. The monoisotopic (exact) mass is 268 g/mol. The number of likely N-dealkylation sites (N-methyl/N-ethyl adjacent to an activating group) is 1. The minimum Gasteiger partial charge on any atom is -0.392 e. The molecule has 0 aromatic heterocycles. The average molecular weight is 269 g/mol. The standard InChI is InChI=1S/C13H17ClN2O2/c1-15-13(18)12-6-3-7-16(12)11-5-2-4-10(14)9(11)8-17/h2,4-5,12,17H,3,6-8H2,1H3,(H,15,18). The zero-order valence-electron chi connectivity index (χ0n) is 10.3. The molecule has 2 N–H and O–H groups in total. The zero-order valence-corrected chi connectivity index (χ0v) is 11.1. The smallest absolute Gasteiger partial charge is 0.242 e. The van der Waals surface area contributed by atoms with E-state index in [1.54, 1.807) is 13.1 Å². The SMILES string of the molecule is CNC(=O)C1CCCN1c1cccc(Cl)c1CO. The Bertz CT molecular complexity index is 451. The molecule has 0 aliphatic carbocycles. The molecular formula is C13H17ClN2O2. The summed E-state index contributed by atoms with van der Waals surface area (Å²) in [5.74, 6) is 0.0105. The number of benzene rings is 1. The first-order valence-electron chi connectivity index (χ1n) is 6.05. The maximum absolute atomic E-state index is 11.8. The summed E-state index contributed by atoms with van der Waals surface area (Å²) in [4.78, 5) is 13.9. The molecule has 1 heterocycles. The van der Waals surface area contributed by atoms with Crippen molar-refractivity contribution in [3.8, 4) is 0 Å². The Kier molecular flexibility index (Phi) is 4.09. The Balaban J connectivity index is 2.36. The summed E-state index contributed by atoms with van der Waals surface area (Å²) in [5, 5.41) is 12.7. The molecule has 0 bridgehead atoms. The third-order valence-electron chi connectivity index (χ3n) is 3.36. The second-order valence-corrected chi connectivity index (χ2v) is 4.77. The van der Waals surface area contributed by atoms with Gasteiger partial charge in [-0.3, -0.25) is 4.79 Å². The van der Waals surface area contributed by atoms with Crippen LogP contribution in [0.4, 0.5) is 5.69 Å². The lowest BCUT2D eigenvalue weighted by Crippen LogP contribution is -2.42. The normalized spacial score (nSPS) is 19.1. The number of amides is 1. The van der Waals surface area contributed by atoms with Gasteiger partial charge in [-0.1, -0.05) is 17.7 Å². The third-order valence-corrected chi connectivity index (χ3v) is 3.72. The molecule has 1 aliphatic rings. The van der Waals surface area contributed by atoms with Crippen LogP contribution in [-0.2, 0) is 11.4 Å². The highest BCUT2D eigenvalue weighted by Crippen LogP contribution is 2.32. The van der Waals surface area contributed by atoms with Crippen LogP contribution >= 0.6 is 11.6 Å². The second kappa shape index (κ2) is 5.59. The van der Waals surface area contributed by atoms with E-state index in [0.717, 1.165) is 25.1 Å². The van der Waals surface area contributed by atoms with Gasteiger partial charge >= 0.3 is 0 Å². The van der Waals surface area contributed by atoms with Crippen LogP contribution in [0.1, 0.15) is 18.4 Å². The number of hydrogen-bond acceptors (Lipinski definition) is 3. The van der Waals surface area contributed by atoms with E-state index in [9.17, 15) is 9.90 Å².